The number of benzene rings is 1. The summed E-state index contributed by atoms with van der Waals surface area (Å²) in [5.41, 5.74) is 1.96. The van der Waals surface area contributed by atoms with Gasteiger partial charge >= 0.3 is 6.03 Å². The second kappa shape index (κ2) is 11.4. The Labute approximate surface area is 166 Å². The minimum Gasteiger partial charge on any atom is -0.383 e. The number of carbonyl (C=O) groups excluding carboxylic acids is 1. The highest BCUT2D eigenvalue weighted by atomic mass is 79.9. The third kappa shape index (κ3) is 8.15. The molecule has 1 aromatic heterocycles. The maximum atomic E-state index is 11.9. The number of hydrogen-bond donors (Lipinski definition) is 2. The first-order valence-corrected chi connectivity index (χ1v) is 9.15. The molecule has 0 radical (unpaired) electrons. The van der Waals surface area contributed by atoms with Gasteiger partial charge in [-0.25, -0.2) is 9.78 Å². The van der Waals surface area contributed by atoms with Crippen LogP contribution in [0.15, 0.2) is 34.1 Å². The molecule has 0 fully saturated rings. The molecule has 2 N–H and O–H groups in total. The van der Waals surface area contributed by atoms with Crippen molar-refractivity contribution in [3.05, 3.63) is 45.4 Å². The molecular weight excluding hydrogens is 428 g/mol. The van der Waals surface area contributed by atoms with Gasteiger partial charge in [0.05, 0.1) is 12.3 Å². The van der Waals surface area contributed by atoms with Gasteiger partial charge in [0.25, 0.3) is 0 Å². The molecule has 6 nitrogen and oxygen atoms in total. The second-order valence-corrected chi connectivity index (χ2v) is 7.09. The molecule has 0 saturated carbocycles. The highest BCUT2D eigenvalue weighted by Crippen LogP contribution is 2.16. The lowest BCUT2D eigenvalue weighted by molar-refractivity contribution is 0.158. The molecule has 9 heteroatoms. The Morgan fingerprint density at radius 3 is 2.96 bits per heavy atom. The molecule has 0 atom stereocenters. The van der Waals surface area contributed by atoms with Crippen LogP contribution in [0.1, 0.15) is 11.3 Å². The van der Waals surface area contributed by atoms with Gasteiger partial charge in [0.1, 0.15) is 0 Å². The van der Waals surface area contributed by atoms with Crippen molar-refractivity contribution in [1.29, 1.82) is 0 Å². The average Bonchev–Trinajstić information content (AvgIpc) is 2.98. The summed E-state index contributed by atoms with van der Waals surface area (Å²) < 4.78 is 6.04. The zero-order valence-corrected chi connectivity index (χ0v) is 17.3. The van der Waals surface area contributed by atoms with Crippen LogP contribution >= 0.6 is 39.7 Å². The number of urea groups is 1. The molecule has 2 aromatic rings. The summed E-state index contributed by atoms with van der Waals surface area (Å²) in [5, 5.41) is 8.13. The first-order valence-electron chi connectivity index (χ1n) is 7.48. The lowest BCUT2D eigenvalue weighted by Gasteiger charge is -2.13. The quantitative estimate of drug-likeness (QED) is 0.644. The Bertz CT molecular complexity index is 671. The summed E-state index contributed by atoms with van der Waals surface area (Å²) >= 11 is 4.83. The second-order valence-electron chi connectivity index (χ2n) is 5.31. The molecular formula is C16H22BrClN4O2S. The molecule has 0 spiro atoms. The number of amides is 2. The van der Waals surface area contributed by atoms with E-state index in [1.165, 1.54) is 11.3 Å². The summed E-state index contributed by atoms with van der Waals surface area (Å²) in [7, 11) is 3.70. The first kappa shape index (κ1) is 21.9. The SMILES string of the molecule is COCCN(C)Cc1csc(NC(=O)NCc2cccc(Br)c2)n1.Cl. The van der Waals surface area contributed by atoms with E-state index in [1.54, 1.807) is 7.11 Å². The summed E-state index contributed by atoms with van der Waals surface area (Å²) in [6.07, 6.45) is 0. The van der Waals surface area contributed by atoms with Gasteiger partial charge in [-0.2, -0.15) is 0 Å². The molecule has 1 aromatic carbocycles. The Morgan fingerprint density at radius 2 is 2.24 bits per heavy atom. The molecule has 0 aliphatic carbocycles. The number of rotatable bonds is 8. The van der Waals surface area contributed by atoms with Gasteiger partial charge in [0.15, 0.2) is 5.13 Å². The highest BCUT2D eigenvalue weighted by molar-refractivity contribution is 9.10. The number of anilines is 1. The fraction of sp³-hybridized carbons (Fsp3) is 0.375. The third-order valence-corrected chi connectivity index (χ3v) is 4.52. The lowest BCUT2D eigenvalue weighted by Crippen LogP contribution is -2.28. The predicted molar refractivity (Wildman–Crippen MR) is 108 cm³/mol. The number of thiazole rings is 1. The molecule has 0 aliphatic rings. The van der Waals surface area contributed by atoms with E-state index in [2.05, 4.69) is 36.4 Å². The van der Waals surface area contributed by atoms with Crippen molar-refractivity contribution in [2.75, 3.05) is 32.6 Å². The number of nitrogens with zero attached hydrogens (tertiary/aromatic N) is 2. The molecule has 2 rings (SSSR count). The van der Waals surface area contributed by atoms with Crippen LogP contribution < -0.4 is 10.6 Å². The van der Waals surface area contributed by atoms with E-state index in [-0.39, 0.29) is 18.4 Å². The van der Waals surface area contributed by atoms with Gasteiger partial charge < -0.3 is 10.1 Å². The number of aromatic nitrogens is 1. The molecule has 0 aliphatic heterocycles. The number of ether oxygens (including phenoxy) is 1. The molecule has 1 heterocycles. The van der Waals surface area contributed by atoms with E-state index in [0.717, 1.165) is 28.8 Å². The number of halogens is 2. The highest BCUT2D eigenvalue weighted by Gasteiger charge is 2.08. The van der Waals surface area contributed by atoms with Crippen LogP contribution in [-0.4, -0.2) is 43.2 Å². The summed E-state index contributed by atoms with van der Waals surface area (Å²) in [6.45, 7) is 2.71. The largest absolute Gasteiger partial charge is 0.383 e. The maximum Gasteiger partial charge on any atom is 0.321 e. The summed E-state index contributed by atoms with van der Waals surface area (Å²) in [5.74, 6) is 0. The van der Waals surface area contributed by atoms with Crippen LogP contribution in [0.3, 0.4) is 0 Å². The van der Waals surface area contributed by atoms with Crippen LogP contribution in [0.5, 0.6) is 0 Å². The van der Waals surface area contributed by atoms with Crippen molar-refractivity contribution in [2.45, 2.75) is 13.1 Å². The van der Waals surface area contributed by atoms with E-state index in [0.29, 0.717) is 18.3 Å². The van der Waals surface area contributed by atoms with Crippen molar-refractivity contribution >= 4 is 50.8 Å². The first-order chi connectivity index (χ1) is 11.6. The van der Waals surface area contributed by atoms with E-state index in [9.17, 15) is 4.79 Å². The fourth-order valence-corrected chi connectivity index (χ4v) is 3.15. The van der Waals surface area contributed by atoms with Crippen LogP contribution in [0.25, 0.3) is 0 Å². The monoisotopic (exact) mass is 448 g/mol. The number of methoxy groups -OCH3 is 1. The van der Waals surface area contributed by atoms with Crippen LogP contribution in [0.2, 0.25) is 0 Å². The van der Waals surface area contributed by atoms with Gasteiger partial charge in [-0.05, 0) is 24.7 Å². The van der Waals surface area contributed by atoms with E-state index < -0.39 is 0 Å². The zero-order valence-electron chi connectivity index (χ0n) is 14.1. The zero-order chi connectivity index (χ0) is 17.4. The molecule has 0 bridgehead atoms. The number of carbonyl (C=O) groups is 1. The van der Waals surface area contributed by atoms with Gasteiger partial charge in [0, 0.05) is 36.6 Å². The Balaban J connectivity index is 0.00000312. The van der Waals surface area contributed by atoms with Crippen molar-refractivity contribution in [1.82, 2.24) is 15.2 Å². The fourth-order valence-electron chi connectivity index (χ4n) is 2.01. The molecule has 0 saturated heterocycles. The topological polar surface area (TPSA) is 66.5 Å². The van der Waals surface area contributed by atoms with Crippen molar-refractivity contribution in [3.63, 3.8) is 0 Å². The predicted octanol–water partition coefficient (Wildman–Crippen LogP) is 3.73. The van der Waals surface area contributed by atoms with Crippen LogP contribution in [0, 0.1) is 0 Å². The summed E-state index contributed by atoms with van der Waals surface area (Å²) in [6, 6.07) is 7.56. The van der Waals surface area contributed by atoms with Crippen molar-refractivity contribution in [3.8, 4) is 0 Å². The molecule has 0 unspecified atom stereocenters. The normalized spacial score (nSPS) is 10.4. The number of nitrogens with one attached hydrogen (secondary N) is 2. The molecule has 138 valence electrons. The molecule has 25 heavy (non-hydrogen) atoms. The average molecular weight is 450 g/mol. The van der Waals surface area contributed by atoms with E-state index in [1.807, 2.05) is 36.7 Å². The van der Waals surface area contributed by atoms with E-state index >= 15 is 0 Å². The molecule has 2 amide bonds. The Morgan fingerprint density at radius 1 is 1.44 bits per heavy atom. The Hall–Kier alpha value is -1.19. The standard InChI is InChI=1S/C16H21BrN4O2S.ClH/c1-21(6-7-23-2)10-14-11-24-16(19-14)20-15(22)18-9-12-4-3-5-13(17)8-12;/h3-5,8,11H,6-7,9-10H2,1-2H3,(H2,18,19,20,22);1H. The number of likely N-dealkylation sites (N-methyl/N-ethyl adjacent to an activating group) is 1. The minimum atomic E-state index is -0.261. The summed E-state index contributed by atoms with van der Waals surface area (Å²) in [4.78, 5) is 18.5. The van der Waals surface area contributed by atoms with Gasteiger partial charge in [-0.3, -0.25) is 10.2 Å². The smallest absolute Gasteiger partial charge is 0.321 e. The van der Waals surface area contributed by atoms with E-state index in [4.69, 9.17) is 4.74 Å². The van der Waals surface area contributed by atoms with Crippen molar-refractivity contribution < 1.29 is 9.53 Å². The Kier molecular flexibility index (Phi) is 9.99. The van der Waals surface area contributed by atoms with Crippen LogP contribution in [0.4, 0.5) is 9.93 Å². The van der Waals surface area contributed by atoms with Crippen LogP contribution in [-0.2, 0) is 17.8 Å². The number of hydrogen-bond acceptors (Lipinski definition) is 5. The van der Waals surface area contributed by atoms with Gasteiger partial charge in [0.2, 0.25) is 0 Å². The van der Waals surface area contributed by atoms with Crippen molar-refractivity contribution in [2.24, 2.45) is 0 Å². The van der Waals surface area contributed by atoms with Gasteiger partial charge in [-0.15, -0.1) is 23.7 Å². The minimum absolute atomic E-state index is 0. The lowest BCUT2D eigenvalue weighted by atomic mass is 10.2. The third-order valence-electron chi connectivity index (χ3n) is 3.22. The maximum absolute atomic E-state index is 11.9. The van der Waals surface area contributed by atoms with Gasteiger partial charge in [-0.1, -0.05) is 28.1 Å².